The monoisotopic (exact) mass is 248 g/mol. The molecule has 0 aliphatic carbocycles. The Labute approximate surface area is 110 Å². The zero-order chi connectivity index (χ0) is 13.4. The molecule has 3 N–H and O–H groups in total. The average Bonchev–Trinajstić information content (AvgIpc) is 2.68. The Morgan fingerprint density at radius 3 is 2.56 bits per heavy atom. The predicted octanol–water partition coefficient (Wildman–Crippen LogP) is 2.27. The molecule has 3 heteroatoms. The maximum atomic E-state index is 9.88. The first kappa shape index (κ1) is 13.4. The largest absolute Gasteiger partial charge is 0.508 e. The fourth-order valence-electron chi connectivity index (χ4n) is 3.21. The third-order valence-corrected chi connectivity index (χ3v) is 4.43. The minimum atomic E-state index is 0.407. The summed E-state index contributed by atoms with van der Waals surface area (Å²) < 4.78 is 0. The summed E-state index contributed by atoms with van der Waals surface area (Å²) in [5, 5.41) is 9.88. The summed E-state index contributed by atoms with van der Waals surface area (Å²) >= 11 is 0. The summed E-state index contributed by atoms with van der Waals surface area (Å²) in [6.45, 7) is 8.02. The standard InChI is InChI=1S/C15H24N2O/c1-9-5-14(18)10(2)11(3)15(9)13-6-12(7-16)8-17(13)4/h5,12-13,18H,6-8,16H2,1-4H3. The van der Waals surface area contributed by atoms with Crippen LogP contribution in [0, 0.1) is 26.7 Å². The molecule has 1 aromatic carbocycles. The van der Waals surface area contributed by atoms with Crippen molar-refractivity contribution < 1.29 is 5.11 Å². The smallest absolute Gasteiger partial charge is 0.119 e. The zero-order valence-corrected chi connectivity index (χ0v) is 11.8. The third-order valence-electron chi connectivity index (χ3n) is 4.43. The van der Waals surface area contributed by atoms with Gasteiger partial charge in [-0.3, -0.25) is 4.90 Å². The first-order valence-corrected chi connectivity index (χ1v) is 6.65. The summed E-state index contributed by atoms with van der Waals surface area (Å²) in [7, 11) is 2.17. The highest BCUT2D eigenvalue weighted by molar-refractivity contribution is 5.49. The van der Waals surface area contributed by atoms with E-state index in [1.807, 2.05) is 13.0 Å². The van der Waals surface area contributed by atoms with Crippen LogP contribution in [0.5, 0.6) is 5.75 Å². The number of nitrogens with two attached hydrogens (primary N) is 1. The maximum Gasteiger partial charge on any atom is 0.119 e. The first-order valence-electron chi connectivity index (χ1n) is 6.65. The molecule has 1 aromatic rings. The molecule has 0 saturated carbocycles. The molecule has 18 heavy (non-hydrogen) atoms. The molecule has 1 heterocycles. The molecular formula is C15H24N2O. The van der Waals surface area contributed by atoms with Gasteiger partial charge in [-0.15, -0.1) is 0 Å². The van der Waals surface area contributed by atoms with Crippen LogP contribution in [0.25, 0.3) is 0 Å². The van der Waals surface area contributed by atoms with E-state index in [4.69, 9.17) is 5.73 Å². The van der Waals surface area contributed by atoms with E-state index in [0.717, 1.165) is 25.1 Å². The van der Waals surface area contributed by atoms with Crippen LogP contribution in [0.3, 0.4) is 0 Å². The molecule has 1 fully saturated rings. The highest BCUT2D eigenvalue weighted by Crippen LogP contribution is 2.39. The molecule has 1 saturated heterocycles. The van der Waals surface area contributed by atoms with Crippen LogP contribution in [0.4, 0.5) is 0 Å². The van der Waals surface area contributed by atoms with Crippen molar-refractivity contribution in [2.45, 2.75) is 33.2 Å². The molecule has 2 rings (SSSR count). The van der Waals surface area contributed by atoms with Crippen LogP contribution in [0.15, 0.2) is 6.07 Å². The van der Waals surface area contributed by atoms with Gasteiger partial charge in [0.15, 0.2) is 0 Å². The number of rotatable bonds is 2. The Bertz CT molecular complexity index is 456. The average molecular weight is 248 g/mol. The fraction of sp³-hybridized carbons (Fsp3) is 0.600. The molecular weight excluding hydrogens is 224 g/mol. The molecule has 2 unspecified atom stereocenters. The Morgan fingerprint density at radius 1 is 1.33 bits per heavy atom. The van der Waals surface area contributed by atoms with Crippen LogP contribution >= 0.6 is 0 Å². The molecule has 0 bridgehead atoms. The van der Waals surface area contributed by atoms with Gasteiger partial charge in [-0.1, -0.05) is 0 Å². The first-order chi connectivity index (χ1) is 8.45. The topological polar surface area (TPSA) is 49.5 Å². The number of phenols is 1. The van der Waals surface area contributed by atoms with Gasteiger partial charge in [0, 0.05) is 12.6 Å². The molecule has 100 valence electrons. The van der Waals surface area contributed by atoms with Gasteiger partial charge in [0.1, 0.15) is 5.75 Å². The molecule has 1 aliphatic rings. The Balaban J connectivity index is 2.43. The fourth-order valence-corrected chi connectivity index (χ4v) is 3.21. The van der Waals surface area contributed by atoms with Gasteiger partial charge < -0.3 is 10.8 Å². The van der Waals surface area contributed by atoms with Crippen molar-refractivity contribution in [3.63, 3.8) is 0 Å². The zero-order valence-electron chi connectivity index (χ0n) is 11.8. The van der Waals surface area contributed by atoms with Crippen molar-refractivity contribution in [3.05, 3.63) is 28.3 Å². The number of hydrogen-bond acceptors (Lipinski definition) is 3. The third kappa shape index (κ3) is 2.13. The van der Waals surface area contributed by atoms with Crippen LogP contribution in [0.2, 0.25) is 0 Å². The van der Waals surface area contributed by atoms with Gasteiger partial charge in [-0.2, -0.15) is 0 Å². The number of hydrogen-bond donors (Lipinski definition) is 2. The predicted molar refractivity (Wildman–Crippen MR) is 74.9 cm³/mol. The van der Waals surface area contributed by atoms with Gasteiger partial charge in [-0.25, -0.2) is 0 Å². The van der Waals surface area contributed by atoms with Crippen LogP contribution in [0.1, 0.15) is 34.7 Å². The summed E-state index contributed by atoms with van der Waals surface area (Å²) in [6, 6.07) is 2.33. The van der Waals surface area contributed by atoms with E-state index in [0.29, 0.717) is 17.7 Å². The van der Waals surface area contributed by atoms with E-state index < -0.39 is 0 Å². The molecule has 0 amide bonds. The summed E-state index contributed by atoms with van der Waals surface area (Å²) in [5.41, 5.74) is 10.6. The van der Waals surface area contributed by atoms with Crippen molar-refractivity contribution in [2.75, 3.05) is 20.1 Å². The maximum absolute atomic E-state index is 9.88. The second kappa shape index (κ2) is 4.90. The van der Waals surface area contributed by atoms with Gasteiger partial charge >= 0.3 is 0 Å². The lowest BCUT2D eigenvalue weighted by Crippen LogP contribution is -2.21. The van der Waals surface area contributed by atoms with E-state index >= 15 is 0 Å². The highest BCUT2D eigenvalue weighted by Gasteiger charge is 2.32. The van der Waals surface area contributed by atoms with Crippen LogP contribution in [-0.2, 0) is 0 Å². The Kier molecular flexibility index (Phi) is 3.64. The van der Waals surface area contributed by atoms with Gasteiger partial charge in [0.2, 0.25) is 0 Å². The van der Waals surface area contributed by atoms with E-state index in [-0.39, 0.29) is 0 Å². The van der Waals surface area contributed by atoms with Crippen LogP contribution < -0.4 is 5.73 Å². The van der Waals surface area contributed by atoms with Crippen molar-refractivity contribution >= 4 is 0 Å². The molecule has 0 radical (unpaired) electrons. The minimum absolute atomic E-state index is 0.407. The lowest BCUT2D eigenvalue weighted by molar-refractivity contribution is 0.311. The van der Waals surface area contributed by atoms with Gasteiger partial charge in [-0.05, 0) is 75.0 Å². The van der Waals surface area contributed by atoms with E-state index in [9.17, 15) is 5.11 Å². The van der Waals surface area contributed by atoms with Crippen molar-refractivity contribution in [1.29, 1.82) is 0 Å². The quantitative estimate of drug-likeness (QED) is 0.844. The lowest BCUT2D eigenvalue weighted by atomic mass is 9.89. The number of benzene rings is 1. The second-order valence-corrected chi connectivity index (χ2v) is 5.67. The molecule has 3 nitrogen and oxygen atoms in total. The number of aromatic hydroxyl groups is 1. The summed E-state index contributed by atoms with van der Waals surface area (Å²) in [5.74, 6) is 0.998. The molecule has 0 aromatic heterocycles. The normalized spacial score (nSPS) is 24.7. The van der Waals surface area contributed by atoms with Crippen molar-refractivity contribution in [1.82, 2.24) is 4.90 Å². The number of aryl methyl sites for hydroxylation is 1. The second-order valence-electron chi connectivity index (χ2n) is 5.67. The number of nitrogens with zero attached hydrogens (tertiary/aromatic N) is 1. The minimum Gasteiger partial charge on any atom is -0.508 e. The van der Waals surface area contributed by atoms with Crippen molar-refractivity contribution in [2.24, 2.45) is 11.7 Å². The van der Waals surface area contributed by atoms with Crippen LogP contribution in [-0.4, -0.2) is 30.1 Å². The molecule has 0 spiro atoms. The van der Waals surface area contributed by atoms with Gasteiger partial charge in [0.25, 0.3) is 0 Å². The summed E-state index contributed by atoms with van der Waals surface area (Å²) in [6.07, 6.45) is 1.12. The lowest BCUT2D eigenvalue weighted by Gasteiger charge is -2.25. The SMILES string of the molecule is Cc1cc(O)c(C)c(C)c1C1CC(CN)CN1C. The Hall–Kier alpha value is -1.06. The molecule has 1 aliphatic heterocycles. The van der Waals surface area contributed by atoms with Gasteiger partial charge in [0.05, 0.1) is 0 Å². The number of phenolic OH excluding ortho intramolecular Hbond substituents is 1. The number of likely N-dealkylation sites (tertiary alicyclic amines) is 1. The Morgan fingerprint density at radius 2 is 2.00 bits per heavy atom. The highest BCUT2D eigenvalue weighted by atomic mass is 16.3. The van der Waals surface area contributed by atoms with Crippen molar-refractivity contribution in [3.8, 4) is 5.75 Å². The van der Waals surface area contributed by atoms with E-state index in [1.165, 1.54) is 16.7 Å². The van der Waals surface area contributed by atoms with E-state index in [2.05, 4.69) is 25.8 Å². The summed E-state index contributed by atoms with van der Waals surface area (Å²) in [4.78, 5) is 2.39. The molecule has 2 atom stereocenters. The van der Waals surface area contributed by atoms with E-state index in [1.54, 1.807) is 0 Å².